The molecule has 1 atom stereocenters. The Morgan fingerprint density at radius 3 is 2.19 bits per heavy atom. The van der Waals surface area contributed by atoms with Gasteiger partial charge in [-0.15, -0.1) is 0 Å². The van der Waals surface area contributed by atoms with E-state index in [0.717, 1.165) is 28.1 Å². The third-order valence-electron chi connectivity index (χ3n) is 7.27. The number of nitrogens with zero attached hydrogens (tertiary/aromatic N) is 4. The first-order valence-electron chi connectivity index (χ1n) is 13.5. The summed E-state index contributed by atoms with van der Waals surface area (Å²) < 4.78 is 19.6. The lowest BCUT2D eigenvalue weighted by Gasteiger charge is -2.24. The maximum atomic E-state index is 14.1. The van der Waals surface area contributed by atoms with E-state index in [-0.39, 0.29) is 5.56 Å². The van der Waals surface area contributed by atoms with Crippen LogP contribution in [0.3, 0.4) is 0 Å². The first-order valence-corrected chi connectivity index (χ1v) is 14.3. The zero-order valence-electron chi connectivity index (χ0n) is 24.0. The molecule has 43 heavy (non-hydrogen) atoms. The minimum Gasteiger partial charge on any atom is -0.497 e. The fourth-order valence-corrected chi connectivity index (χ4v) is 6.15. The SMILES string of the molecule is COC(=O)C1=C(C)N=c2sc(=Cc3cn(-c4ccccc4)nc3-c3ccc(OC)cc3)c(=O)n2C1c1ccc(OC)cc1. The predicted molar refractivity (Wildman–Crippen MR) is 164 cm³/mol. The number of benzene rings is 3. The van der Waals surface area contributed by atoms with Crippen LogP contribution in [-0.2, 0) is 9.53 Å². The Hall–Kier alpha value is -5.22. The summed E-state index contributed by atoms with van der Waals surface area (Å²) in [5, 5.41) is 4.89. The fourth-order valence-electron chi connectivity index (χ4n) is 5.11. The maximum Gasteiger partial charge on any atom is 0.338 e. The molecule has 0 amide bonds. The van der Waals surface area contributed by atoms with E-state index in [1.807, 2.05) is 79.0 Å². The normalized spacial score (nSPS) is 14.7. The maximum absolute atomic E-state index is 14.1. The second-order valence-electron chi connectivity index (χ2n) is 9.79. The number of allylic oxidation sites excluding steroid dienone is 1. The Morgan fingerprint density at radius 2 is 1.56 bits per heavy atom. The highest BCUT2D eigenvalue weighted by Crippen LogP contribution is 2.32. The summed E-state index contributed by atoms with van der Waals surface area (Å²) >= 11 is 1.26. The summed E-state index contributed by atoms with van der Waals surface area (Å²) in [5.41, 5.74) is 4.48. The van der Waals surface area contributed by atoms with Gasteiger partial charge in [0.15, 0.2) is 4.80 Å². The number of aromatic nitrogens is 3. The highest BCUT2D eigenvalue weighted by molar-refractivity contribution is 7.07. The number of rotatable bonds is 7. The van der Waals surface area contributed by atoms with E-state index in [1.165, 1.54) is 18.4 Å². The molecule has 1 aliphatic heterocycles. The Morgan fingerprint density at radius 1 is 0.907 bits per heavy atom. The van der Waals surface area contributed by atoms with Crippen molar-refractivity contribution in [3.8, 4) is 28.4 Å². The van der Waals surface area contributed by atoms with Crippen LogP contribution < -0.4 is 24.4 Å². The highest BCUT2D eigenvalue weighted by atomic mass is 32.1. The highest BCUT2D eigenvalue weighted by Gasteiger charge is 2.33. The van der Waals surface area contributed by atoms with Crippen LogP contribution in [0, 0.1) is 0 Å². The van der Waals surface area contributed by atoms with Crippen LogP contribution in [-0.4, -0.2) is 41.6 Å². The van der Waals surface area contributed by atoms with E-state index < -0.39 is 12.0 Å². The van der Waals surface area contributed by atoms with Crippen LogP contribution in [0.1, 0.15) is 24.1 Å². The van der Waals surface area contributed by atoms with Crippen LogP contribution in [0.5, 0.6) is 11.5 Å². The number of hydrogen-bond donors (Lipinski definition) is 0. The minimum atomic E-state index is -0.718. The smallest absolute Gasteiger partial charge is 0.338 e. The number of esters is 1. The third-order valence-corrected chi connectivity index (χ3v) is 8.25. The van der Waals surface area contributed by atoms with E-state index in [4.69, 9.17) is 19.3 Å². The molecule has 216 valence electrons. The summed E-state index contributed by atoms with van der Waals surface area (Å²) in [6.45, 7) is 1.76. The lowest BCUT2D eigenvalue weighted by atomic mass is 9.96. The van der Waals surface area contributed by atoms with E-state index in [2.05, 4.69) is 4.99 Å². The zero-order valence-corrected chi connectivity index (χ0v) is 24.8. The summed E-state index contributed by atoms with van der Waals surface area (Å²) in [6.07, 6.45) is 3.73. The van der Waals surface area contributed by atoms with Crippen molar-refractivity contribution in [3.05, 3.63) is 127 Å². The van der Waals surface area contributed by atoms with Crippen molar-refractivity contribution in [2.24, 2.45) is 4.99 Å². The molecule has 5 aromatic rings. The molecule has 3 heterocycles. The molecule has 1 aliphatic rings. The quantitative estimate of drug-likeness (QED) is 0.262. The number of carbonyl (C=O) groups excluding carboxylic acids is 1. The first-order chi connectivity index (χ1) is 20.9. The number of hydrogen-bond acceptors (Lipinski definition) is 8. The second-order valence-corrected chi connectivity index (χ2v) is 10.8. The molecule has 0 bridgehead atoms. The van der Waals surface area contributed by atoms with Gasteiger partial charge in [0.05, 0.1) is 48.9 Å². The summed E-state index contributed by atoms with van der Waals surface area (Å²) in [4.78, 5) is 32.3. The van der Waals surface area contributed by atoms with Crippen molar-refractivity contribution in [2.45, 2.75) is 13.0 Å². The minimum absolute atomic E-state index is 0.272. The summed E-state index contributed by atoms with van der Waals surface area (Å²) in [5.74, 6) is 0.858. The number of fused-ring (bicyclic) bond motifs is 1. The molecule has 0 saturated carbocycles. The van der Waals surface area contributed by atoms with Gasteiger partial charge >= 0.3 is 5.97 Å². The third kappa shape index (κ3) is 5.17. The number of para-hydroxylation sites is 1. The van der Waals surface area contributed by atoms with E-state index in [0.29, 0.717) is 32.0 Å². The van der Waals surface area contributed by atoms with Gasteiger partial charge in [-0.05, 0) is 67.1 Å². The molecule has 0 spiro atoms. The lowest BCUT2D eigenvalue weighted by Crippen LogP contribution is -2.39. The molecule has 9 nitrogen and oxygen atoms in total. The van der Waals surface area contributed by atoms with E-state index in [9.17, 15) is 9.59 Å². The van der Waals surface area contributed by atoms with Crippen LogP contribution in [0.15, 0.2) is 106 Å². The predicted octanol–water partition coefficient (Wildman–Crippen LogP) is 4.28. The molecule has 3 aromatic carbocycles. The molecule has 0 N–H and O–H groups in total. The summed E-state index contributed by atoms with van der Waals surface area (Å²) in [7, 11) is 4.53. The molecular formula is C33H28N4O5S. The molecule has 10 heteroatoms. The van der Waals surface area contributed by atoms with Crippen LogP contribution in [0.4, 0.5) is 0 Å². The Balaban J connectivity index is 1.55. The van der Waals surface area contributed by atoms with Gasteiger partial charge in [-0.25, -0.2) is 14.5 Å². The Bertz CT molecular complexity index is 2020. The Kier molecular flexibility index (Phi) is 7.52. The van der Waals surface area contributed by atoms with E-state index >= 15 is 0 Å². The molecule has 6 rings (SSSR count). The molecule has 2 aromatic heterocycles. The van der Waals surface area contributed by atoms with Crippen molar-refractivity contribution in [1.29, 1.82) is 0 Å². The molecule has 0 radical (unpaired) electrons. The van der Waals surface area contributed by atoms with Crippen LogP contribution in [0.2, 0.25) is 0 Å². The molecule has 1 unspecified atom stereocenters. The zero-order chi connectivity index (χ0) is 30.1. The van der Waals surface area contributed by atoms with Crippen molar-refractivity contribution in [2.75, 3.05) is 21.3 Å². The van der Waals surface area contributed by atoms with Crippen molar-refractivity contribution >= 4 is 23.4 Å². The monoisotopic (exact) mass is 592 g/mol. The van der Waals surface area contributed by atoms with Crippen molar-refractivity contribution < 1.29 is 19.0 Å². The topological polar surface area (TPSA) is 96.9 Å². The lowest BCUT2D eigenvalue weighted by molar-refractivity contribution is -0.136. The van der Waals surface area contributed by atoms with Gasteiger partial charge in [0.2, 0.25) is 0 Å². The van der Waals surface area contributed by atoms with Gasteiger partial charge in [-0.1, -0.05) is 41.7 Å². The number of ether oxygens (including phenoxy) is 3. The van der Waals surface area contributed by atoms with Gasteiger partial charge in [0.1, 0.15) is 17.2 Å². The van der Waals surface area contributed by atoms with Crippen molar-refractivity contribution in [1.82, 2.24) is 14.3 Å². The van der Waals surface area contributed by atoms with Crippen LogP contribution in [0.25, 0.3) is 23.0 Å². The molecule has 0 aliphatic carbocycles. The van der Waals surface area contributed by atoms with Gasteiger partial charge in [-0.3, -0.25) is 9.36 Å². The van der Waals surface area contributed by atoms with Crippen molar-refractivity contribution in [3.63, 3.8) is 0 Å². The average molecular weight is 593 g/mol. The number of thiazole rings is 1. The number of methoxy groups -OCH3 is 3. The first kappa shape index (κ1) is 27.9. The van der Waals surface area contributed by atoms with E-state index in [1.54, 1.807) is 42.5 Å². The van der Waals surface area contributed by atoms with Gasteiger partial charge < -0.3 is 14.2 Å². The average Bonchev–Trinajstić information content (AvgIpc) is 3.61. The largest absolute Gasteiger partial charge is 0.497 e. The fraction of sp³-hybridized carbons (Fsp3) is 0.152. The molecular weight excluding hydrogens is 564 g/mol. The molecule has 0 fully saturated rings. The number of carbonyl (C=O) groups is 1. The summed E-state index contributed by atoms with van der Waals surface area (Å²) in [6, 6.07) is 24.0. The van der Waals surface area contributed by atoms with Crippen LogP contribution >= 0.6 is 11.3 Å². The molecule has 0 saturated heterocycles. The standard InChI is InChI=1S/C33H28N4O5S/c1-20-28(32(39)42-4)30(22-12-16-26(41-3)17-13-22)37-31(38)27(43-33(37)34-20)18-23-19-36(24-8-6-5-7-9-24)35-29(23)21-10-14-25(40-2)15-11-21/h5-19,30H,1-4H3. The van der Waals surface area contributed by atoms with Gasteiger partial charge in [-0.2, -0.15) is 5.10 Å². The van der Waals surface area contributed by atoms with Gasteiger partial charge in [0.25, 0.3) is 5.56 Å². The Labute approximate surface area is 251 Å². The second kappa shape index (κ2) is 11.6. The van der Waals surface area contributed by atoms with Gasteiger partial charge in [0, 0.05) is 17.3 Å².